The van der Waals surface area contributed by atoms with E-state index in [1.54, 1.807) is 0 Å². The molecule has 4 atom stereocenters. The molecule has 2 bridgehead atoms. The molecule has 0 radical (unpaired) electrons. The zero-order valence-corrected chi connectivity index (χ0v) is 13.4. The van der Waals surface area contributed by atoms with Crippen LogP contribution in [0.1, 0.15) is 32.4 Å². The smallest absolute Gasteiger partial charge is 0.240 e. The van der Waals surface area contributed by atoms with Gasteiger partial charge in [0.15, 0.2) is 5.69 Å². The molecule has 0 spiro atoms. The van der Waals surface area contributed by atoms with Crippen LogP contribution in [-0.4, -0.2) is 28.0 Å². The van der Waals surface area contributed by atoms with Gasteiger partial charge in [0.2, 0.25) is 11.8 Å². The zero-order chi connectivity index (χ0) is 16.6. The van der Waals surface area contributed by atoms with Gasteiger partial charge in [-0.05, 0) is 32.8 Å². The van der Waals surface area contributed by atoms with E-state index in [0.29, 0.717) is 5.69 Å². The van der Waals surface area contributed by atoms with Gasteiger partial charge in [0.05, 0.1) is 39.9 Å². The Morgan fingerprint density at radius 1 is 1.30 bits per heavy atom. The predicted octanol–water partition coefficient (Wildman–Crippen LogP) is 2.05. The van der Waals surface area contributed by atoms with Crippen LogP contribution in [0.4, 0.5) is 5.69 Å². The van der Waals surface area contributed by atoms with Gasteiger partial charge in [0, 0.05) is 0 Å². The Balaban J connectivity index is 1.79. The summed E-state index contributed by atoms with van der Waals surface area (Å²) in [5.74, 6) is -1.48. The number of ether oxygens (including phenoxy) is 1. The maximum Gasteiger partial charge on any atom is 0.240 e. The maximum atomic E-state index is 12.9. The number of anilines is 1. The van der Waals surface area contributed by atoms with Gasteiger partial charge in [-0.2, -0.15) is 5.26 Å². The number of fused-ring (bicyclic) bond motifs is 5. The molecule has 3 aliphatic rings. The summed E-state index contributed by atoms with van der Waals surface area (Å²) in [7, 11) is 0. The van der Waals surface area contributed by atoms with Gasteiger partial charge in [0.1, 0.15) is 6.07 Å². The molecule has 1 aromatic heterocycles. The Bertz CT molecular complexity index is 770. The van der Waals surface area contributed by atoms with Gasteiger partial charge in [-0.15, -0.1) is 0 Å². The first-order valence-corrected chi connectivity index (χ1v) is 7.82. The molecule has 0 aliphatic carbocycles. The van der Waals surface area contributed by atoms with Gasteiger partial charge in [-0.1, -0.05) is 11.6 Å². The van der Waals surface area contributed by atoms with Gasteiger partial charge in [0.25, 0.3) is 0 Å². The first-order valence-electron chi connectivity index (χ1n) is 7.44. The van der Waals surface area contributed by atoms with Crippen molar-refractivity contribution in [1.82, 2.24) is 4.98 Å². The number of pyridine rings is 1. The third-order valence-electron chi connectivity index (χ3n) is 5.40. The minimum Gasteiger partial charge on any atom is -0.367 e. The molecule has 2 unspecified atom stereocenters. The van der Waals surface area contributed by atoms with Crippen LogP contribution in [0.5, 0.6) is 0 Å². The highest BCUT2D eigenvalue weighted by molar-refractivity contribution is 6.32. The molecule has 7 heteroatoms. The summed E-state index contributed by atoms with van der Waals surface area (Å²) in [6.07, 6.45) is 2.88. The lowest BCUT2D eigenvalue weighted by molar-refractivity contribution is -0.129. The van der Waals surface area contributed by atoms with E-state index in [1.165, 1.54) is 12.3 Å². The first kappa shape index (κ1) is 14.6. The highest BCUT2D eigenvalue weighted by Crippen LogP contribution is 2.60. The summed E-state index contributed by atoms with van der Waals surface area (Å²) in [6, 6.07) is 3.30. The lowest BCUT2D eigenvalue weighted by atomic mass is 9.69. The number of hydrogen-bond acceptors (Lipinski definition) is 5. The predicted molar refractivity (Wildman–Crippen MR) is 80.6 cm³/mol. The molecular formula is C16H14ClN3O3. The van der Waals surface area contributed by atoms with Crippen molar-refractivity contribution in [3.05, 3.63) is 23.0 Å². The van der Waals surface area contributed by atoms with Crippen LogP contribution >= 0.6 is 11.6 Å². The Hall–Kier alpha value is -1.97. The lowest BCUT2D eigenvalue weighted by Gasteiger charge is -2.27. The zero-order valence-electron chi connectivity index (χ0n) is 12.7. The molecule has 3 saturated heterocycles. The van der Waals surface area contributed by atoms with E-state index in [2.05, 4.69) is 4.98 Å². The normalized spacial score (nSPS) is 38.1. The monoisotopic (exact) mass is 331 g/mol. The average molecular weight is 332 g/mol. The Morgan fingerprint density at radius 2 is 1.87 bits per heavy atom. The second-order valence-corrected chi connectivity index (χ2v) is 7.24. The second kappa shape index (κ2) is 4.31. The Morgan fingerprint density at radius 3 is 2.35 bits per heavy atom. The van der Waals surface area contributed by atoms with Gasteiger partial charge in [-0.25, -0.2) is 9.88 Å². The number of nitriles is 1. The van der Waals surface area contributed by atoms with Crippen molar-refractivity contribution >= 4 is 29.1 Å². The van der Waals surface area contributed by atoms with Crippen molar-refractivity contribution in [1.29, 1.82) is 5.26 Å². The van der Waals surface area contributed by atoms with E-state index >= 15 is 0 Å². The summed E-state index contributed by atoms with van der Waals surface area (Å²) < 4.78 is 6.05. The number of halogens is 1. The molecule has 3 fully saturated rings. The van der Waals surface area contributed by atoms with Crippen molar-refractivity contribution in [2.45, 2.75) is 37.9 Å². The van der Waals surface area contributed by atoms with Crippen LogP contribution in [0, 0.1) is 23.2 Å². The van der Waals surface area contributed by atoms with Gasteiger partial charge < -0.3 is 4.74 Å². The molecule has 0 aromatic carbocycles. The molecule has 2 amide bonds. The van der Waals surface area contributed by atoms with Gasteiger partial charge in [-0.3, -0.25) is 9.59 Å². The van der Waals surface area contributed by atoms with Crippen LogP contribution in [0.15, 0.2) is 12.3 Å². The first-order chi connectivity index (χ1) is 10.8. The minimum absolute atomic E-state index is 0.0667. The van der Waals surface area contributed by atoms with Crippen molar-refractivity contribution in [3.8, 4) is 6.07 Å². The van der Waals surface area contributed by atoms with Crippen molar-refractivity contribution < 1.29 is 14.3 Å². The van der Waals surface area contributed by atoms with Crippen LogP contribution in [0.2, 0.25) is 5.02 Å². The molecule has 23 heavy (non-hydrogen) atoms. The quantitative estimate of drug-likeness (QED) is 0.735. The molecule has 3 aliphatic heterocycles. The second-order valence-electron chi connectivity index (χ2n) is 6.83. The number of carbonyl (C=O) groups excluding carboxylic acids is 2. The fraction of sp³-hybridized carbons (Fsp3) is 0.500. The van der Waals surface area contributed by atoms with Crippen LogP contribution in [0.25, 0.3) is 0 Å². The van der Waals surface area contributed by atoms with E-state index in [0.717, 1.165) is 17.7 Å². The largest absolute Gasteiger partial charge is 0.367 e. The summed E-state index contributed by atoms with van der Waals surface area (Å²) in [5, 5.41) is 9.02. The summed E-state index contributed by atoms with van der Waals surface area (Å²) in [6.45, 7) is 3.81. The highest BCUT2D eigenvalue weighted by atomic mass is 35.5. The SMILES string of the molecule is CC12CCC(C)(O1)[C@H]1C(=O)N(c3cnc(C#N)c(Cl)c3)C(=O)[C@H]12. The summed E-state index contributed by atoms with van der Waals surface area (Å²) in [4.78, 5) is 30.9. The third kappa shape index (κ3) is 1.69. The van der Waals surface area contributed by atoms with E-state index < -0.39 is 23.0 Å². The molecule has 6 nitrogen and oxygen atoms in total. The van der Waals surface area contributed by atoms with E-state index in [9.17, 15) is 9.59 Å². The molecule has 0 N–H and O–H groups in total. The maximum absolute atomic E-state index is 12.9. The number of rotatable bonds is 1. The van der Waals surface area contributed by atoms with E-state index in [1.807, 2.05) is 19.9 Å². The number of aromatic nitrogens is 1. The molecule has 1 aromatic rings. The van der Waals surface area contributed by atoms with Crippen molar-refractivity contribution in [3.63, 3.8) is 0 Å². The molecule has 118 valence electrons. The van der Waals surface area contributed by atoms with Crippen LogP contribution in [0.3, 0.4) is 0 Å². The van der Waals surface area contributed by atoms with Crippen LogP contribution < -0.4 is 4.90 Å². The van der Waals surface area contributed by atoms with Crippen LogP contribution in [-0.2, 0) is 14.3 Å². The fourth-order valence-electron chi connectivity index (χ4n) is 4.36. The lowest BCUT2D eigenvalue weighted by Crippen LogP contribution is -2.40. The number of carbonyl (C=O) groups is 2. The van der Waals surface area contributed by atoms with E-state index in [4.69, 9.17) is 21.6 Å². The minimum atomic E-state index is -0.593. The third-order valence-corrected chi connectivity index (χ3v) is 5.69. The average Bonchev–Trinajstić information content (AvgIpc) is 3.04. The fourth-order valence-corrected chi connectivity index (χ4v) is 4.56. The number of amides is 2. The van der Waals surface area contributed by atoms with Crippen molar-refractivity contribution in [2.75, 3.05) is 4.90 Å². The topological polar surface area (TPSA) is 83.3 Å². The van der Waals surface area contributed by atoms with E-state index in [-0.39, 0.29) is 22.5 Å². The molecule has 0 saturated carbocycles. The Kier molecular flexibility index (Phi) is 2.74. The number of hydrogen-bond donors (Lipinski definition) is 0. The molecule has 4 rings (SSSR count). The standard InChI is InChI=1S/C16H14ClN3O3/c1-15-3-4-16(2,23-15)12-11(15)13(21)20(14(12)22)8-5-9(17)10(6-18)19-7-8/h5,7,11-12H,3-4H2,1-2H3/t11-,12+,15?,16?. The summed E-state index contributed by atoms with van der Waals surface area (Å²) in [5.41, 5.74) is -0.808. The molecular weight excluding hydrogens is 318 g/mol. The summed E-state index contributed by atoms with van der Waals surface area (Å²) >= 11 is 5.99. The van der Waals surface area contributed by atoms with Gasteiger partial charge >= 0.3 is 0 Å². The van der Waals surface area contributed by atoms with Crippen molar-refractivity contribution in [2.24, 2.45) is 11.8 Å². The molecule has 4 heterocycles. The Labute approximate surface area is 138 Å². The highest BCUT2D eigenvalue weighted by Gasteiger charge is 2.72. The number of nitrogens with zero attached hydrogens (tertiary/aromatic N) is 3. The number of imide groups is 1.